The maximum Gasteiger partial charge on any atom is 0.332 e. The van der Waals surface area contributed by atoms with Crippen LogP contribution in [0.15, 0.2) is 34.6 Å². The number of aromatic nitrogens is 1. The number of nitriles is 1. The Bertz CT molecular complexity index is 1310. The van der Waals surface area contributed by atoms with Crippen molar-refractivity contribution in [1.29, 1.82) is 5.26 Å². The molecule has 3 rings (SSSR count). The summed E-state index contributed by atoms with van der Waals surface area (Å²) in [7, 11) is 4.20. The van der Waals surface area contributed by atoms with E-state index in [9.17, 15) is 24.0 Å². The quantitative estimate of drug-likeness (QED) is 0.670. The molecule has 30 heavy (non-hydrogen) atoms. The van der Waals surface area contributed by atoms with Gasteiger partial charge in [0.1, 0.15) is 20.8 Å². The standard InChI is InChI=1S/C20H17FN4O4S/c1-24(2)19(28)16-15(10-5-4-6-11(21)7-10)12(9-22)17(23)25-18(27)13(30-20(16)25)8-14(26)29-3/h4-8,15H,23H2,1-3H3/b13-8-. The first kappa shape index (κ1) is 21.0. The molecule has 154 valence electrons. The van der Waals surface area contributed by atoms with Gasteiger partial charge < -0.3 is 15.4 Å². The Morgan fingerprint density at radius 3 is 2.67 bits per heavy atom. The van der Waals surface area contributed by atoms with E-state index >= 15 is 0 Å². The third kappa shape index (κ3) is 3.40. The van der Waals surface area contributed by atoms with E-state index in [1.165, 1.54) is 44.3 Å². The fourth-order valence-corrected chi connectivity index (χ4v) is 4.31. The molecule has 2 N–H and O–H groups in total. The predicted molar refractivity (Wildman–Crippen MR) is 109 cm³/mol. The van der Waals surface area contributed by atoms with Crippen LogP contribution in [0.4, 0.5) is 4.39 Å². The van der Waals surface area contributed by atoms with Crippen molar-refractivity contribution in [2.24, 2.45) is 5.73 Å². The zero-order valence-electron chi connectivity index (χ0n) is 16.3. The Morgan fingerprint density at radius 2 is 2.10 bits per heavy atom. The molecule has 8 nitrogen and oxygen atoms in total. The Morgan fingerprint density at radius 1 is 1.40 bits per heavy atom. The molecular weight excluding hydrogens is 411 g/mol. The number of thiazole rings is 1. The number of fused-ring (bicyclic) bond motifs is 1. The number of halogens is 1. The number of esters is 1. The van der Waals surface area contributed by atoms with Crippen LogP contribution in [0, 0.1) is 17.1 Å². The Kier molecular flexibility index (Phi) is 5.58. The highest BCUT2D eigenvalue weighted by Gasteiger charge is 2.36. The van der Waals surface area contributed by atoms with Gasteiger partial charge in [0.25, 0.3) is 11.5 Å². The smallest absolute Gasteiger partial charge is 0.332 e. The molecule has 1 aromatic carbocycles. The number of allylic oxidation sites excluding steroid dienone is 1. The molecule has 0 saturated carbocycles. The van der Waals surface area contributed by atoms with Crippen LogP contribution in [0.1, 0.15) is 11.5 Å². The van der Waals surface area contributed by atoms with Crippen LogP contribution >= 0.6 is 11.3 Å². The average molecular weight is 428 g/mol. The van der Waals surface area contributed by atoms with Crippen molar-refractivity contribution in [3.63, 3.8) is 0 Å². The lowest BCUT2D eigenvalue weighted by Crippen LogP contribution is -2.41. The summed E-state index contributed by atoms with van der Waals surface area (Å²) in [5.41, 5.74) is 5.85. The van der Waals surface area contributed by atoms with E-state index in [1.807, 2.05) is 6.07 Å². The van der Waals surface area contributed by atoms with Crippen molar-refractivity contribution in [1.82, 2.24) is 9.47 Å². The van der Waals surface area contributed by atoms with Gasteiger partial charge in [-0.15, -0.1) is 11.3 Å². The summed E-state index contributed by atoms with van der Waals surface area (Å²) in [5.74, 6) is -2.94. The van der Waals surface area contributed by atoms with E-state index in [4.69, 9.17) is 5.73 Å². The minimum atomic E-state index is -0.982. The van der Waals surface area contributed by atoms with E-state index in [-0.39, 0.29) is 26.2 Å². The summed E-state index contributed by atoms with van der Waals surface area (Å²) < 4.78 is 19.7. The van der Waals surface area contributed by atoms with Crippen LogP contribution in [0.25, 0.3) is 17.5 Å². The molecule has 0 fully saturated rings. The van der Waals surface area contributed by atoms with E-state index in [0.717, 1.165) is 22.0 Å². The second-order valence-corrected chi connectivity index (χ2v) is 7.62. The normalized spacial score (nSPS) is 16.2. The van der Waals surface area contributed by atoms with Crippen LogP contribution in [-0.2, 0) is 14.3 Å². The van der Waals surface area contributed by atoms with Gasteiger partial charge in [0.15, 0.2) is 0 Å². The monoisotopic (exact) mass is 428 g/mol. The first-order valence-corrected chi connectivity index (χ1v) is 9.45. The number of hydrogen-bond acceptors (Lipinski definition) is 7. The van der Waals surface area contributed by atoms with Gasteiger partial charge in [-0.3, -0.25) is 14.2 Å². The summed E-state index contributed by atoms with van der Waals surface area (Å²) in [6.07, 6.45) is 0.993. The second kappa shape index (κ2) is 7.96. The summed E-state index contributed by atoms with van der Waals surface area (Å²) in [4.78, 5) is 38.9. The first-order chi connectivity index (χ1) is 14.2. The van der Waals surface area contributed by atoms with Crippen LogP contribution in [0.2, 0.25) is 0 Å². The summed E-state index contributed by atoms with van der Waals surface area (Å²) in [6, 6.07) is 7.44. The molecule has 2 heterocycles. The number of nitrogens with zero attached hydrogens (tertiary/aromatic N) is 3. The molecule has 2 aromatic rings. The second-order valence-electron chi connectivity index (χ2n) is 6.59. The fourth-order valence-electron chi connectivity index (χ4n) is 3.18. The molecule has 1 atom stereocenters. The van der Waals surface area contributed by atoms with Gasteiger partial charge in [-0.05, 0) is 17.7 Å². The van der Waals surface area contributed by atoms with Crippen LogP contribution in [0.5, 0.6) is 0 Å². The number of amides is 1. The lowest BCUT2D eigenvalue weighted by Gasteiger charge is -2.26. The molecule has 0 spiro atoms. The molecule has 0 radical (unpaired) electrons. The lowest BCUT2D eigenvalue weighted by atomic mass is 9.83. The Hall–Kier alpha value is -3.71. The minimum absolute atomic E-state index is 0.0129. The number of nitrogens with two attached hydrogens (primary N) is 1. The maximum absolute atomic E-state index is 13.9. The van der Waals surface area contributed by atoms with Gasteiger partial charge >= 0.3 is 5.97 Å². The van der Waals surface area contributed by atoms with Crippen molar-refractivity contribution in [2.45, 2.75) is 5.92 Å². The number of carbonyl (C=O) groups excluding carboxylic acids is 2. The molecule has 1 aliphatic heterocycles. The molecule has 1 unspecified atom stereocenters. The number of ether oxygens (including phenoxy) is 1. The third-order valence-corrected chi connectivity index (χ3v) is 5.65. The van der Waals surface area contributed by atoms with E-state index in [1.54, 1.807) is 6.07 Å². The van der Waals surface area contributed by atoms with E-state index in [0.29, 0.717) is 5.56 Å². The highest BCUT2D eigenvalue weighted by Crippen LogP contribution is 2.36. The van der Waals surface area contributed by atoms with E-state index in [2.05, 4.69) is 4.74 Å². The molecular formula is C20H17FN4O4S. The van der Waals surface area contributed by atoms with E-state index < -0.39 is 29.2 Å². The largest absolute Gasteiger partial charge is 0.466 e. The SMILES string of the molecule is COC(=O)/C=c1\sc2n(c1=O)C(N)=C(C#N)C(c1cccc(F)c1)C=2C(=O)N(C)C. The van der Waals surface area contributed by atoms with Crippen molar-refractivity contribution in [3.05, 3.63) is 60.8 Å². The predicted octanol–water partition coefficient (Wildman–Crippen LogP) is -0.310. The van der Waals surface area contributed by atoms with Crippen molar-refractivity contribution >= 4 is 40.7 Å². The number of methoxy groups -OCH3 is 1. The number of benzene rings is 1. The fraction of sp³-hybridized carbons (Fsp3) is 0.200. The minimum Gasteiger partial charge on any atom is -0.466 e. The molecule has 1 amide bonds. The molecule has 0 bridgehead atoms. The van der Waals surface area contributed by atoms with Crippen molar-refractivity contribution in [2.75, 3.05) is 21.2 Å². The first-order valence-electron chi connectivity index (χ1n) is 8.64. The van der Waals surface area contributed by atoms with Gasteiger partial charge in [0.2, 0.25) is 0 Å². The molecule has 0 aliphatic carbocycles. The zero-order chi connectivity index (χ0) is 22.2. The van der Waals surface area contributed by atoms with Gasteiger partial charge in [-0.1, -0.05) is 12.1 Å². The third-order valence-electron chi connectivity index (χ3n) is 4.54. The van der Waals surface area contributed by atoms with Gasteiger partial charge in [-0.2, -0.15) is 5.26 Å². The van der Waals surface area contributed by atoms with Crippen LogP contribution in [0.3, 0.4) is 0 Å². The molecule has 10 heteroatoms. The number of carbonyl (C=O) groups is 2. The topological polar surface area (TPSA) is 118 Å². The van der Waals surface area contributed by atoms with Gasteiger partial charge in [0, 0.05) is 20.2 Å². The van der Waals surface area contributed by atoms with Crippen LogP contribution < -0.4 is 20.5 Å². The van der Waals surface area contributed by atoms with Gasteiger partial charge in [0.05, 0.1) is 30.2 Å². The summed E-state index contributed by atoms with van der Waals surface area (Å²) >= 11 is 0.871. The molecule has 1 aliphatic rings. The zero-order valence-corrected chi connectivity index (χ0v) is 17.1. The average Bonchev–Trinajstić information content (AvgIpc) is 3.03. The lowest BCUT2D eigenvalue weighted by molar-refractivity contribution is -0.133. The van der Waals surface area contributed by atoms with Gasteiger partial charge in [-0.25, -0.2) is 9.18 Å². The van der Waals surface area contributed by atoms with Crippen LogP contribution in [-0.4, -0.2) is 42.5 Å². The summed E-state index contributed by atoms with van der Waals surface area (Å²) in [6.45, 7) is 0. The highest BCUT2D eigenvalue weighted by molar-refractivity contribution is 7.07. The Balaban J connectivity index is 2.52. The molecule has 1 aromatic heterocycles. The highest BCUT2D eigenvalue weighted by atomic mass is 32.1. The Labute approximate surface area is 174 Å². The van der Waals surface area contributed by atoms with Crippen molar-refractivity contribution in [3.8, 4) is 6.07 Å². The number of hydrogen-bond donors (Lipinski definition) is 1. The number of rotatable bonds is 3. The van der Waals surface area contributed by atoms with Crippen molar-refractivity contribution < 1.29 is 18.7 Å². The molecule has 0 saturated heterocycles. The maximum atomic E-state index is 13.9. The summed E-state index contributed by atoms with van der Waals surface area (Å²) in [5, 5.41) is 9.79.